The molecule has 1 amide bonds. The highest BCUT2D eigenvalue weighted by atomic mass is 19.4. The third-order valence-corrected chi connectivity index (χ3v) is 4.76. The fourth-order valence-corrected chi connectivity index (χ4v) is 3.40. The van der Waals surface area contributed by atoms with Crippen molar-refractivity contribution in [3.05, 3.63) is 58.4 Å². The molecule has 0 atom stereocenters. The van der Waals surface area contributed by atoms with Gasteiger partial charge in [-0.05, 0) is 63.3 Å². The Morgan fingerprint density at radius 2 is 1.90 bits per heavy atom. The number of alkyl halides is 3. The minimum atomic E-state index is -4.63. The van der Waals surface area contributed by atoms with Gasteiger partial charge in [-0.1, -0.05) is 6.07 Å². The Labute approximate surface area is 172 Å². The summed E-state index contributed by atoms with van der Waals surface area (Å²) in [6.07, 6.45) is -2.91. The van der Waals surface area contributed by atoms with Crippen LogP contribution in [0.15, 0.2) is 24.5 Å². The highest BCUT2D eigenvalue weighted by Gasteiger charge is 2.34. The molecule has 9 heteroatoms. The molecule has 0 fully saturated rings. The van der Waals surface area contributed by atoms with Crippen molar-refractivity contribution in [1.82, 2.24) is 14.9 Å². The molecule has 5 nitrogen and oxygen atoms in total. The zero-order valence-electron chi connectivity index (χ0n) is 17.0. The molecule has 0 saturated heterocycles. The average molecular weight is 425 g/mol. The van der Waals surface area contributed by atoms with E-state index in [-0.39, 0.29) is 24.9 Å². The Morgan fingerprint density at radius 3 is 2.57 bits per heavy atom. The quantitative estimate of drug-likeness (QED) is 0.669. The topological polar surface area (TPSA) is 55.3 Å². The Bertz CT molecular complexity index is 939. The second-order valence-corrected chi connectivity index (χ2v) is 8.20. The molecule has 0 unspecified atom stereocenters. The summed E-state index contributed by atoms with van der Waals surface area (Å²) in [5.74, 6) is -0.923. The second-order valence-electron chi connectivity index (χ2n) is 8.20. The Kier molecular flexibility index (Phi) is 6.01. The molecular weight excluding hydrogens is 402 g/mol. The largest absolute Gasteiger partial charge is 0.444 e. The number of halogens is 4. The number of benzene rings is 1. The lowest BCUT2D eigenvalue weighted by Gasteiger charge is -2.31. The molecular formula is C21H23F4N3O2. The number of ether oxygens (including phenoxy) is 1. The number of carbonyl (C=O) groups excluding carboxylic acids is 1. The summed E-state index contributed by atoms with van der Waals surface area (Å²) >= 11 is 0. The predicted molar refractivity (Wildman–Crippen MR) is 101 cm³/mol. The maximum Gasteiger partial charge on any atom is 0.416 e. The van der Waals surface area contributed by atoms with Gasteiger partial charge in [-0.25, -0.2) is 19.2 Å². The lowest BCUT2D eigenvalue weighted by atomic mass is 9.96. The van der Waals surface area contributed by atoms with Crippen molar-refractivity contribution in [1.29, 1.82) is 0 Å². The van der Waals surface area contributed by atoms with E-state index in [4.69, 9.17) is 4.74 Å². The number of aromatic nitrogens is 2. The van der Waals surface area contributed by atoms with Crippen LogP contribution in [0.3, 0.4) is 0 Å². The van der Waals surface area contributed by atoms with Gasteiger partial charge in [0, 0.05) is 12.2 Å². The summed E-state index contributed by atoms with van der Waals surface area (Å²) < 4.78 is 58.4. The first-order valence-corrected chi connectivity index (χ1v) is 9.59. The fraction of sp³-hybridized carbons (Fsp3) is 0.476. The molecule has 162 valence electrons. The number of hydrogen-bond donors (Lipinski definition) is 0. The molecule has 0 saturated carbocycles. The SMILES string of the molecule is CC(C)(C)OC(=O)N1CCc2c(CCc3ccc(F)cc3C(F)(F)F)ncnc2C1. The van der Waals surface area contributed by atoms with Crippen LogP contribution in [-0.2, 0) is 36.7 Å². The number of rotatable bonds is 3. The van der Waals surface area contributed by atoms with E-state index in [1.165, 1.54) is 6.33 Å². The fourth-order valence-electron chi connectivity index (χ4n) is 3.40. The summed E-state index contributed by atoms with van der Waals surface area (Å²) in [6.45, 7) is 6.02. The smallest absolute Gasteiger partial charge is 0.416 e. The van der Waals surface area contributed by atoms with Crippen molar-refractivity contribution < 1.29 is 27.1 Å². The first-order chi connectivity index (χ1) is 13.9. The number of aryl methyl sites for hydroxylation is 2. The highest BCUT2D eigenvalue weighted by molar-refractivity contribution is 5.68. The van der Waals surface area contributed by atoms with Gasteiger partial charge in [0.1, 0.15) is 17.7 Å². The van der Waals surface area contributed by atoms with E-state index in [1.54, 1.807) is 25.7 Å². The molecule has 0 aliphatic carbocycles. The number of carbonyl (C=O) groups is 1. The molecule has 2 aromatic rings. The molecule has 2 heterocycles. The lowest BCUT2D eigenvalue weighted by molar-refractivity contribution is -0.138. The second kappa shape index (κ2) is 8.20. The summed E-state index contributed by atoms with van der Waals surface area (Å²) in [4.78, 5) is 22.3. The van der Waals surface area contributed by atoms with Crippen LogP contribution >= 0.6 is 0 Å². The van der Waals surface area contributed by atoms with Crippen molar-refractivity contribution in [3.63, 3.8) is 0 Å². The molecule has 0 radical (unpaired) electrons. The van der Waals surface area contributed by atoms with E-state index in [9.17, 15) is 22.4 Å². The van der Waals surface area contributed by atoms with Crippen LogP contribution in [0, 0.1) is 5.82 Å². The van der Waals surface area contributed by atoms with Gasteiger partial charge in [0.05, 0.1) is 17.8 Å². The minimum Gasteiger partial charge on any atom is -0.444 e. The third-order valence-electron chi connectivity index (χ3n) is 4.76. The van der Waals surface area contributed by atoms with E-state index in [0.717, 1.165) is 17.7 Å². The Hall–Kier alpha value is -2.71. The van der Waals surface area contributed by atoms with Crippen molar-refractivity contribution in [2.24, 2.45) is 0 Å². The molecule has 1 aromatic carbocycles. The molecule has 1 aromatic heterocycles. The van der Waals surface area contributed by atoms with Crippen LogP contribution in [0.4, 0.5) is 22.4 Å². The Balaban J connectivity index is 1.76. The van der Waals surface area contributed by atoms with Crippen LogP contribution in [0.5, 0.6) is 0 Å². The average Bonchev–Trinajstić information content (AvgIpc) is 2.64. The summed E-state index contributed by atoms with van der Waals surface area (Å²) in [5.41, 5.74) is 0.574. The van der Waals surface area contributed by atoms with Crippen LogP contribution in [-0.4, -0.2) is 33.1 Å². The summed E-state index contributed by atoms with van der Waals surface area (Å²) in [6, 6.07) is 2.71. The first kappa shape index (κ1) is 22.0. The van der Waals surface area contributed by atoms with Gasteiger partial charge in [0.15, 0.2) is 0 Å². The zero-order valence-corrected chi connectivity index (χ0v) is 17.0. The molecule has 0 bridgehead atoms. The van der Waals surface area contributed by atoms with Crippen molar-refractivity contribution in [2.45, 2.75) is 58.4 Å². The highest BCUT2D eigenvalue weighted by Crippen LogP contribution is 2.33. The van der Waals surface area contributed by atoms with Crippen LogP contribution in [0.1, 0.15) is 48.8 Å². The summed E-state index contributed by atoms with van der Waals surface area (Å²) in [5, 5.41) is 0. The molecule has 0 N–H and O–H groups in total. The third kappa shape index (κ3) is 5.25. The van der Waals surface area contributed by atoms with Gasteiger partial charge < -0.3 is 9.64 Å². The van der Waals surface area contributed by atoms with Gasteiger partial charge in [-0.15, -0.1) is 0 Å². The molecule has 30 heavy (non-hydrogen) atoms. The van der Waals surface area contributed by atoms with E-state index < -0.39 is 29.3 Å². The Morgan fingerprint density at radius 1 is 1.17 bits per heavy atom. The maximum atomic E-state index is 13.3. The van der Waals surface area contributed by atoms with E-state index in [1.807, 2.05) is 0 Å². The lowest BCUT2D eigenvalue weighted by Crippen LogP contribution is -2.40. The first-order valence-electron chi connectivity index (χ1n) is 9.59. The summed E-state index contributed by atoms with van der Waals surface area (Å²) in [7, 11) is 0. The van der Waals surface area contributed by atoms with Crippen LogP contribution < -0.4 is 0 Å². The number of nitrogens with zero attached hydrogens (tertiary/aromatic N) is 3. The van der Waals surface area contributed by atoms with E-state index in [0.29, 0.717) is 30.4 Å². The normalized spacial score (nSPS) is 14.4. The van der Waals surface area contributed by atoms with Crippen molar-refractivity contribution in [2.75, 3.05) is 6.54 Å². The standard InChI is InChI=1S/C21H23F4N3O2/c1-20(2,3)30-19(29)28-9-8-15-17(26-12-27-18(15)11-28)7-5-13-4-6-14(22)10-16(13)21(23,24)25/h4,6,10,12H,5,7-9,11H2,1-3H3. The maximum absolute atomic E-state index is 13.3. The zero-order chi connectivity index (χ0) is 22.1. The molecule has 1 aliphatic rings. The van der Waals surface area contributed by atoms with Crippen LogP contribution in [0.25, 0.3) is 0 Å². The van der Waals surface area contributed by atoms with Crippen LogP contribution in [0.2, 0.25) is 0 Å². The predicted octanol–water partition coefficient (Wildman–Crippen LogP) is 4.71. The van der Waals surface area contributed by atoms with Gasteiger partial charge >= 0.3 is 12.3 Å². The molecule has 3 rings (SSSR count). The number of hydrogen-bond acceptors (Lipinski definition) is 4. The monoisotopic (exact) mass is 425 g/mol. The van der Waals surface area contributed by atoms with E-state index >= 15 is 0 Å². The number of fused-ring (bicyclic) bond motifs is 1. The van der Waals surface area contributed by atoms with Crippen molar-refractivity contribution in [3.8, 4) is 0 Å². The molecule has 1 aliphatic heterocycles. The van der Waals surface area contributed by atoms with E-state index in [2.05, 4.69) is 9.97 Å². The van der Waals surface area contributed by atoms with Gasteiger partial charge in [-0.3, -0.25) is 0 Å². The van der Waals surface area contributed by atoms with Crippen molar-refractivity contribution >= 4 is 6.09 Å². The van der Waals surface area contributed by atoms with Gasteiger partial charge in [-0.2, -0.15) is 13.2 Å². The van der Waals surface area contributed by atoms with Gasteiger partial charge in [0.2, 0.25) is 0 Å². The minimum absolute atomic E-state index is 0.0162. The number of amides is 1. The molecule has 0 spiro atoms. The van der Waals surface area contributed by atoms with Gasteiger partial charge in [0.25, 0.3) is 0 Å².